The molecule has 0 aliphatic carbocycles. The van der Waals surface area contributed by atoms with Gasteiger partial charge < -0.3 is 15.7 Å². The van der Waals surface area contributed by atoms with Crippen LogP contribution in [0.1, 0.15) is 39.0 Å². The molecule has 1 amide bonds. The fourth-order valence-corrected chi connectivity index (χ4v) is 2.50. The molecular weight excluding hydrogens is 208 g/mol. The summed E-state index contributed by atoms with van der Waals surface area (Å²) in [5.74, 6) is -1.01. The summed E-state index contributed by atoms with van der Waals surface area (Å²) in [5.41, 5.74) is 4.37. The second-order valence-electron chi connectivity index (χ2n) is 4.27. The Morgan fingerprint density at radius 3 is 2.69 bits per heavy atom. The minimum absolute atomic E-state index is 0.129. The Balaban J connectivity index is 2.89. The van der Waals surface area contributed by atoms with Gasteiger partial charge in [0, 0.05) is 19.5 Å². The van der Waals surface area contributed by atoms with Crippen molar-refractivity contribution in [1.82, 2.24) is 4.90 Å². The molecule has 1 heterocycles. The molecule has 0 aromatic carbocycles. The molecule has 0 bridgehead atoms. The highest BCUT2D eigenvalue weighted by Gasteiger charge is 2.48. The summed E-state index contributed by atoms with van der Waals surface area (Å²) in [6, 6.07) is 0. The fraction of sp³-hybridized carbons (Fsp3) is 0.818. The molecule has 16 heavy (non-hydrogen) atoms. The minimum Gasteiger partial charge on any atom is -0.479 e. The summed E-state index contributed by atoms with van der Waals surface area (Å²) in [5, 5.41) is 9.36. The Bertz CT molecular complexity index is 280. The van der Waals surface area contributed by atoms with Crippen LogP contribution in [0.15, 0.2) is 0 Å². The molecule has 0 radical (unpaired) electrons. The van der Waals surface area contributed by atoms with Crippen molar-refractivity contribution in [2.24, 2.45) is 5.73 Å². The van der Waals surface area contributed by atoms with E-state index in [4.69, 9.17) is 5.73 Å². The second kappa shape index (κ2) is 5.30. The predicted molar refractivity (Wildman–Crippen MR) is 59.9 cm³/mol. The standard InChI is InChI=1S/C11H20N2O3/c1-2-5-11(10(15)16)6-3-8-13(11)9(14)4-7-12/h2-8,12H2,1H3,(H,15,16). The van der Waals surface area contributed by atoms with Gasteiger partial charge in [-0.2, -0.15) is 0 Å². The molecule has 0 saturated carbocycles. The lowest BCUT2D eigenvalue weighted by atomic mass is 9.90. The van der Waals surface area contributed by atoms with E-state index in [1.807, 2.05) is 6.92 Å². The molecule has 0 aromatic rings. The maximum absolute atomic E-state index is 11.8. The molecule has 1 rings (SSSR count). The molecule has 1 saturated heterocycles. The number of carbonyl (C=O) groups excluding carboxylic acids is 1. The fourth-order valence-electron chi connectivity index (χ4n) is 2.50. The highest BCUT2D eigenvalue weighted by atomic mass is 16.4. The van der Waals surface area contributed by atoms with Crippen LogP contribution < -0.4 is 5.73 Å². The summed E-state index contributed by atoms with van der Waals surface area (Å²) in [7, 11) is 0. The van der Waals surface area contributed by atoms with Crippen molar-refractivity contribution in [3.8, 4) is 0 Å². The van der Waals surface area contributed by atoms with Gasteiger partial charge in [0.2, 0.25) is 5.91 Å². The Morgan fingerprint density at radius 2 is 2.19 bits per heavy atom. The van der Waals surface area contributed by atoms with Gasteiger partial charge in [-0.05, 0) is 19.3 Å². The smallest absolute Gasteiger partial charge is 0.329 e. The molecule has 3 N–H and O–H groups in total. The summed E-state index contributed by atoms with van der Waals surface area (Å²) in [6.45, 7) is 2.76. The van der Waals surface area contributed by atoms with Gasteiger partial charge >= 0.3 is 5.97 Å². The van der Waals surface area contributed by atoms with E-state index in [1.54, 1.807) is 0 Å². The van der Waals surface area contributed by atoms with Crippen molar-refractivity contribution in [3.63, 3.8) is 0 Å². The second-order valence-corrected chi connectivity index (χ2v) is 4.27. The lowest BCUT2D eigenvalue weighted by Crippen LogP contribution is -2.53. The molecule has 1 fully saturated rings. The van der Waals surface area contributed by atoms with E-state index in [1.165, 1.54) is 4.90 Å². The zero-order chi connectivity index (χ0) is 12.2. The van der Waals surface area contributed by atoms with E-state index in [-0.39, 0.29) is 18.9 Å². The molecule has 1 aliphatic heterocycles. The highest BCUT2D eigenvalue weighted by molar-refractivity contribution is 5.87. The minimum atomic E-state index is -0.971. The first-order chi connectivity index (χ1) is 7.58. The number of carboxylic acids is 1. The van der Waals surface area contributed by atoms with Gasteiger partial charge in [-0.25, -0.2) is 4.79 Å². The van der Waals surface area contributed by atoms with Gasteiger partial charge in [-0.15, -0.1) is 0 Å². The van der Waals surface area contributed by atoms with E-state index in [0.29, 0.717) is 19.4 Å². The molecule has 92 valence electrons. The number of hydrogen-bond acceptors (Lipinski definition) is 3. The largest absolute Gasteiger partial charge is 0.479 e. The number of rotatable bonds is 5. The molecule has 0 aromatic heterocycles. The van der Waals surface area contributed by atoms with Gasteiger partial charge in [-0.3, -0.25) is 4.79 Å². The number of hydrogen-bond donors (Lipinski definition) is 2. The first kappa shape index (κ1) is 13.0. The maximum Gasteiger partial charge on any atom is 0.329 e. The summed E-state index contributed by atoms with van der Waals surface area (Å²) in [6.07, 6.45) is 2.85. The van der Waals surface area contributed by atoms with E-state index >= 15 is 0 Å². The van der Waals surface area contributed by atoms with Crippen LogP contribution in [0.3, 0.4) is 0 Å². The number of nitrogens with zero attached hydrogens (tertiary/aromatic N) is 1. The van der Waals surface area contributed by atoms with Crippen molar-refractivity contribution in [1.29, 1.82) is 0 Å². The van der Waals surface area contributed by atoms with Crippen molar-refractivity contribution >= 4 is 11.9 Å². The number of aliphatic carboxylic acids is 1. The van der Waals surface area contributed by atoms with Gasteiger partial charge in [-0.1, -0.05) is 13.3 Å². The van der Waals surface area contributed by atoms with Crippen molar-refractivity contribution in [2.75, 3.05) is 13.1 Å². The predicted octanol–water partition coefficient (Wildman–Crippen LogP) is 0.581. The van der Waals surface area contributed by atoms with Crippen LogP contribution in [0.4, 0.5) is 0 Å². The third kappa shape index (κ3) is 2.19. The molecule has 1 atom stereocenters. The van der Waals surface area contributed by atoms with E-state index in [0.717, 1.165) is 12.8 Å². The molecule has 1 aliphatic rings. The summed E-state index contributed by atoms with van der Waals surface area (Å²) >= 11 is 0. The lowest BCUT2D eigenvalue weighted by Gasteiger charge is -2.34. The topological polar surface area (TPSA) is 83.6 Å². The van der Waals surface area contributed by atoms with Crippen LogP contribution in [0, 0.1) is 0 Å². The summed E-state index contributed by atoms with van der Waals surface area (Å²) < 4.78 is 0. The van der Waals surface area contributed by atoms with Crippen LogP contribution >= 0.6 is 0 Å². The maximum atomic E-state index is 11.8. The third-order valence-electron chi connectivity index (χ3n) is 3.21. The Labute approximate surface area is 95.6 Å². The van der Waals surface area contributed by atoms with Crippen molar-refractivity contribution < 1.29 is 14.7 Å². The first-order valence-electron chi connectivity index (χ1n) is 5.82. The van der Waals surface area contributed by atoms with E-state index < -0.39 is 11.5 Å². The summed E-state index contributed by atoms with van der Waals surface area (Å²) in [4.78, 5) is 24.7. The highest BCUT2D eigenvalue weighted by Crippen LogP contribution is 2.34. The Hall–Kier alpha value is -1.10. The van der Waals surface area contributed by atoms with Crippen LogP contribution in [-0.2, 0) is 9.59 Å². The van der Waals surface area contributed by atoms with Gasteiger partial charge in [0.25, 0.3) is 0 Å². The number of likely N-dealkylation sites (tertiary alicyclic amines) is 1. The molecule has 5 nitrogen and oxygen atoms in total. The van der Waals surface area contributed by atoms with Gasteiger partial charge in [0.05, 0.1) is 0 Å². The average molecular weight is 228 g/mol. The third-order valence-corrected chi connectivity index (χ3v) is 3.21. The molecule has 5 heteroatoms. The molecule has 0 spiro atoms. The quantitative estimate of drug-likeness (QED) is 0.721. The lowest BCUT2D eigenvalue weighted by molar-refractivity contribution is -0.157. The van der Waals surface area contributed by atoms with Gasteiger partial charge in [0.1, 0.15) is 5.54 Å². The van der Waals surface area contributed by atoms with E-state index in [9.17, 15) is 14.7 Å². The molecular formula is C11H20N2O3. The van der Waals surface area contributed by atoms with Crippen molar-refractivity contribution in [2.45, 2.75) is 44.6 Å². The van der Waals surface area contributed by atoms with E-state index in [2.05, 4.69) is 0 Å². The normalized spacial score (nSPS) is 24.8. The van der Waals surface area contributed by atoms with Gasteiger partial charge in [0.15, 0.2) is 0 Å². The SMILES string of the molecule is CCCC1(C(=O)O)CCCN1C(=O)CCN. The number of carboxylic acid groups (broad SMARTS) is 1. The van der Waals surface area contributed by atoms with Crippen LogP contribution in [0.25, 0.3) is 0 Å². The van der Waals surface area contributed by atoms with Crippen LogP contribution in [-0.4, -0.2) is 40.5 Å². The number of carbonyl (C=O) groups is 2. The number of amides is 1. The first-order valence-corrected chi connectivity index (χ1v) is 5.82. The van der Waals surface area contributed by atoms with Crippen LogP contribution in [0.2, 0.25) is 0 Å². The zero-order valence-corrected chi connectivity index (χ0v) is 9.74. The van der Waals surface area contributed by atoms with Crippen molar-refractivity contribution in [3.05, 3.63) is 0 Å². The van der Waals surface area contributed by atoms with Crippen LogP contribution in [0.5, 0.6) is 0 Å². The molecule has 1 unspecified atom stereocenters. The average Bonchev–Trinajstić information content (AvgIpc) is 2.64. The Kier molecular flexibility index (Phi) is 4.29. The monoisotopic (exact) mass is 228 g/mol. The Morgan fingerprint density at radius 1 is 1.50 bits per heavy atom. The number of nitrogens with two attached hydrogens (primary N) is 1. The zero-order valence-electron chi connectivity index (χ0n) is 9.74.